The van der Waals surface area contributed by atoms with E-state index in [0.717, 1.165) is 54.4 Å². The molecule has 9 heteroatoms. The molecule has 0 aliphatic carbocycles. The van der Waals surface area contributed by atoms with Crippen LogP contribution in [-0.4, -0.2) is 86.0 Å². The first-order chi connectivity index (χ1) is 18.0. The summed E-state index contributed by atoms with van der Waals surface area (Å²) in [5.41, 5.74) is 3.23. The number of piperidine rings is 1. The summed E-state index contributed by atoms with van der Waals surface area (Å²) in [5, 5.41) is 3.40. The summed E-state index contributed by atoms with van der Waals surface area (Å²) in [6.07, 6.45) is 0.155. The Morgan fingerprint density at radius 2 is 1.89 bits per heavy atom. The Morgan fingerprint density at radius 3 is 2.62 bits per heavy atom. The number of fused-ring (bicyclic) bond motifs is 1. The molecule has 2 N–H and O–H groups in total. The van der Waals surface area contributed by atoms with E-state index in [1.165, 1.54) is 0 Å². The van der Waals surface area contributed by atoms with Crippen LogP contribution in [0, 0.1) is 0 Å². The number of carbonyl (C=O) groups is 1. The first-order valence-electron chi connectivity index (χ1n) is 13.0. The molecule has 0 aromatic heterocycles. The summed E-state index contributed by atoms with van der Waals surface area (Å²) >= 11 is 0. The normalized spacial score (nSPS) is 21.3. The van der Waals surface area contributed by atoms with E-state index in [0.29, 0.717) is 31.2 Å². The van der Waals surface area contributed by atoms with Crippen molar-refractivity contribution in [1.29, 1.82) is 0 Å². The Hall–Kier alpha value is -2.85. The van der Waals surface area contributed by atoms with Crippen LogP contribution < -0.4 is 24.6 Å². The van der Waals surface area contributed by atoms with Gasteiger partial charge in [0.2, 0.25) is 0 Å². The van der Waals surface area contributed by atoms with Crippen LogP contribution in [0.4, 0.5) is 10.5 Å². The zero-order valence-corrected chi connectivity index (χ0v) is 22.3. The summed E-state index contributed by atoms with van der Waals surface area (Å²) in [6.45, 7) is 4.87. The van der Waals surface area contributed by atoms with Gasteiger partial charge in [-0.25, -0.2) is 4.90 Å². The molecular weight excluding hydrogens is 474 g/mol. The largest absolute Gasteiger partial charge is 0.514 e. The molecule has 0 spiro atoms. The van der Waals surface area contributed by atoms with E-state index in [1.54, 1.807) is 28.3 Å². The fourth-order valence-corrected chi connectivity index (χ4v) is 4.89. The highest BCUT2D eigenvalue weighted by molar-refractivity contribution is 5.61. The van der Waals surface area contributed by atoms with Gasteiger partial charge in [0.1, 0.15) is 24.2 Å². The lowest BCUT2D eigenvalue weighted by molar-refractivity contribution is -0.779. The van der Waals surface area contributed by atoms with Crippen LogP contribution in [0.5, 0.6) is 11.5 Å². The minimum absolute atomic E-state index is 0.109. The van der Waals surface area contributed by atoms with Gasteiger partial charge in [-0.05, 0) is 41.8 Å². The molecule has 1 amide bonds. The van der Waals surface area contributed by atoms with Crippen LogP contribution in [-0.2, 0) is 20.8 Å². The summed E-state index contributed by atoms with van der Waals surface area (Å²) in [5.74, 6) is 1.58. The number of nitrogens with zero attached hydrogens (tertiary/aromatic N) is 1. The van der Waals surface area contributed by atoms with Crippen molar-refractivity contribution >= 4 is 11.8 Å². The van der Waals surface area contributed by atoms with Gasteiger partial charge in [0.15, 0.2) is 0 Å². The Balaban J connectivity index is 1.51. The molecule has 2 aromatic carbocycles. The number of carbonyl (C=O) groups excluding carboxylic acids is 1. The van der Waals surface area contributed by atoms with E-state index in [-0.39, 0.29) is 24.2 Å². The average Bonchev–Trinajstić information content (AvgIpc) is 2.92. The average molecular weight is 515 g/mol. The zero-order valence-electron chi connectivity index (χ0n) is 22.3. The molecule has 2 heterocycles. The topological polar surface area (TPSA) is 82.9 Å². The molecule has 1 fully saturated rings. The number of hydrogen-bond acceptors (Lipinski definition) is 8. The van der Waals surface area contributed by atoms with Gasteiger partial charge in [-0.1, -0.05) is 18.2 Å². The van der Waals surface area contributed by atoms with Gasteiger partial charge in [0.05, 0.1) is 52.1 Å². The monoisotopic (exact) mass is 514 g/mol. The van der Waals surface area contributed by atoms with E-state index in [9.17, 15) is 4.79 Å². The molecule has 1 saturated heterocycles. The van der Waals surface area contributed by atoms with E-state index in [4.69, 9.17) is 23.7 Å². The second-order valence-electron chi connectivity index (χ2n) is 9.73. The van der Waals surface area contributed by atoms with E-state index in [1.807, 2.05) is 30.3 Å². The summed E-state index contributed by atoms with van der Waals surface area (Å²) < 4.78 is 28.9. The number of anilines is 1. The van der Waals surface area contributed by atoms with Crippen molar-refractivity contribution in [1.82, 2.24) is 5.32 Å². The Morgan fingerprint density at radius 1 is 1.11 bits per heavy atom. The minimum atomic E-state index is -0.345. The maximum absolute atomic E-state index is 12.5. The molecule has 9 nitrogen and oxygen atoms in total. The van der Waals surface area contributed by atoms with Gasteiger partial charge in [-0.3, -0.25) is 0 Å². The van der Waals surface area contributed by atoms with Crippen molar-refractivity contribution in [2.75, 3.05) is 72.6 Å². The third kappa shape index (κ3) is 6.93. The first kappa shape index (κ1) is 27.2. The number of benzene rings is 2. The fourth-order valence-electron chi connectivity index (χ4n) is 4.89. The maximum Gasteiger partial charge on any atom is 0.514 e. The number of nitrogens with one attached hydrogen (secondary N) is 2. The molecule has 37 heavy (non-hydrogen) atoms. The van der Waals surface area contributed by atoms with Gasteiger partial charge < -0.3 is 33.9 Å². The summed E-state index contributed by atoms with van der Waals surface area (Å²) in [4.78, 5) is 15.4. The molecule has 202 valence electrons. The number of quaternary nitrogens is 1. The second-order valence-corrected chi connectivity index (χ2v) is 9.73. The molecular formula is C28H40N3O6+. The Kier molecular flexibility index (Phi) is 9.62. The highest BCUT2D eigenvalue weighted by Gasteiger charge is 2.39. The van der Waals surface area contributed by atoms with Crippen molar-refractivity contribution < 1.29 is 33.4 Å². The van der Waals surface area contributed by atoms with Crippen molar-refractivity contribution in [3.05, 3.63) is 53.6 Å². The number of rotatable bonds is 10. The molecule has 0 bridgehead atoms. The molecule has 4 rings (SSSR count). The van der Waals surface area contributed by atoms with Crippen LogP contribution in [0.15, 0.2) is 42.5 Å². The number of amides is 1. The zero-order chi connectivity index (χ0) is 26.2. The first-order valence-corrected chi connectivity index (χ1v) is 13.0. The van der Waals surface area contributed by atoms with Crippen molar-refractivity contribution in [2.45, 2.75) is 31.2 Å². The quantitative estimate of drug-likeness (QED) is 0.465. The van der Waals surface area contributed by atoms with Gasteiger partial charge in [0.25, 0.3) is 0 Å². The van der Waals surface area contributed by atoms with Crippen molar-refractivity contribution in [2.24, 2.45) is 0 Å². The minimum Gasteiger partial charge on any atom is -0.497 e. The predicted octanol–water partition coefficient (Wildman–Crippen LogP) is 1.85. The number of ether oxygens (including phenoxy) is 5. The van der Waals surface area contributed by atoms with Gasteiger partial charge >= 0.3 is 6.09 Å². The highest BCUT2D eigenvalue weighted by Crippen LogP contribution is 2.35. The van der Waals surface area contributed by atoms with Crippen LogP contribution in [0.1, 0.15) is 23.5 Å². The molecule has 2 aromatic rings. The maximum atomic E-state index is 12.5. The summed E-state index contributed by atoms with van der Waals surface area (Å²) in [6, 6.07) is 14.2. The van der Waals surface area contributed by atoms with Gasteiger partial charge in [-0.15, -0.1) is 0 Å². The van der Waals surface area contributed by atoms with Gasteiger partial charge in [-0.2, -0.15) is 4.79 Å². The number of alkyl carbamates (subject to hydrolysis) is 2. The lowest BCUT2D eigenvalue weighted by Crippen LogP contribution is -3.08. The van der Waals surface area contributed by atoms with Crippen molar-refractivity contribution in [3.63, 3.8) is 0 Å². The Labute approximate surface area is 219 Å². The number of hydrogen-bond donors (Lipinski definition) is 2. The number of methoxy groups -OCH3 is 2. The third-order valence-corrected chi connectivity index (χ3v) is 6.88. The smallest absolute Gasteiger partial charge is 0.497 e. The molecule has 2 aliphatic rings. The molecule has 0 radical (unpaired) electrons. The lowest BCUT2D eigenvalue weighted by Gasteiger charge is -2.38. The SMILES string of the molecule is COCCCN1CCOc2ccc(COC3CNCC(OC(=O)[NH+](C)C)C3c3ccc(OC)cc3)cc21. The van der Waals surface area contributed by atoms with Crippen LogP contribution in [0.25, 0.3) is 0 Å². The standard InChI is InChI=1S/C28H39N3O6/c1-30(2)28(32)37-26-18-29-17-25(27(26)21-7-9-22(34-4)10-8-21)36-19-20-6-11-24-23(16-20)31(13-15-35-24)12-5-14-33-3/h6-11,16,25-27,29H,5,12-15,17-19H2,1-4H3/p+1. The molecule has 0 saturated carbocycles. The third-order valence-electron chi connectivity index (χ3n) is 6.88. The highest BCUT2D eigenvalue weighted by atomic mass is 16.6. The van der Waals surface area contributed by atoms with Crippen LogP contribution in [0.3, 0.4) is 0 Å². The fraction of sp³-hybridized carbons (Fsp3) is 0.536. The molecule has 2 aliphatic heterocycles. The van der Waals surface area contributed by atoms with Crippen molar-refractivity contribution in [3.8, 4) is 11.5 Å². The summed E-state index contributed by atoms with van der Waals surface area (Å²) in [7, 11) is 6.92. The van der Waals surface area contributed by atoms with E-state index >= 15 is 0 Å². The molecule has 3 unspecified atom stereocenters. The van der Waals surface area contributed by atoms with E-state index in [2.05, 4.69) is 22.3 Å². The van der Waals surface area contributed by atoms with E-state index < -0.39 is 0 Å². The second kappa shape index (κ2) is 13.1. The Bertz CT molecular complexity index is 1020. The van der Waals surface area contributed by atoms with Crippen LogP contribution >= 0.6 is 0 Å². The predicted molar refractivity (Wildman–Crippen MR) is 141 cm³/mol. The van der Waals surface area contributed by atoms with Gasteiger partial charge in [0, 0.05) is 33.4 Å². The molecule has 3 atom stereocenters. The lowest BCUT2D eigenvalue weighted by atomic mass is 9.85. The van der Waals surface area contributed by atoms with Crippen LogP contribution in [0.2, 0.25) is 0 Å².